The number of aliphatic carboxylic acids is 1. The van der Waals surface area contributed by atoms with Gasteiger partial charge in [0.2, 0.25) is 0 Å². The van der Waals surface area contributed by atoms with Gasteiger partial charge < -0.3 is 10.4 Å². The second kappa shape index (κ2) is 7.75. The summed E-state index contributed by atoms with van der Waals surface area (Å²) in [4.78, 5) is 21.6. The predicted octanol–water partition coefficient (Wildman–Crippen LogP) is 1.41. The number of hydrogen-bond acceptors (Lipinski definition) is 2. The van der Waals surface area contributed by atoms with Crippen molar-refractivity contribution < 1.29 is 14.7 Å². The molecule has 0 aromatic heterocycles. The van der Waals surface area contributed by atoms with Gasteiger partial charge in [-0.15, -0.1) is 0 Å². The molecule has 0 aliphatic carbocycles. The van der Waals surface area contributed by atoms with E-state index in [-0.39, 0.29) is 17.9 Å². The van der Waals surface area contributed by atoms with Crippen molar-refractivity contribution in [3.05, 3.63) is 0 Å². The molecular formula is C12H19NO3. The quantitative estimate of drug-likeness (QED) is 0.671. The molecule has 0 aliphatic heterocycles. The molecule has 90 valence electrons. The summed E-state index contributed by atoms with van der Waals surface area (Å²) in [7, 11) is 0. The predicted molar refractivity (Wildman–Crippen MR) is 61.7 cm³/mol. The molecule has 0 aliphatic rings. The Hall–Kier alpha value is -1.50. The number of rotatable bonds is 6. The van der Waals surface area contributed by atoms with Crippen LogP contribution in [0.1, 0.15) is 40.0 Å². The van der Waals surface area contributed by atoms with Gasteiger partial charge in [-0.2, -0.15) is 0 Å². The zero-order chi connectivity index (χ0) is 12.6. The first-order valence-electron chi connectivity index (χ1n) is 5.43. The van der Waals surface area contributed by atoms with Gasteiger partial charge in [-0.05, 0) is 32.6 Å². The van der Waals surface area contributed by atoms with Crippen LogP contribution in [0.5, 0.6) is 0 Å². The number of nitrogens with one attached hydrogen (secondary N) is 1. The molecule has 0 aromatic rings. The SMILES string of the molecule is CC#CC(=O)NC(C)CCCC(C)C(=O)O. The third-order valence-corrected chi connectivity index (χ3v) is 2.31. The Labute approximate surface area is 96.4 Å². The van der Waals surface area contributed by atoms with Crippen LogP contribution in [0.15, 0.2) is 0 Å². The second-order valence-electron chi connectivity index (χ2n) is 3.92. The van der Waals surface area contributed by atoms with Crippen molar-refractivity contribution in [2.75, 3.05) is 0 Å². The van der Waals surface area contributed by atoms with Crippen molar-refractivity contribution in [2.24, 2.45) is 5.92 Å². The highest BCUT2D eigenvalue weighted by Gasteiger charge is 2.11. The summed E-state index contributed by atoms with van der Waals surface area (Å²) in [6.45, 7) is 5.19. The lowest BCUT2D eigenvalue weighted by molar-refractivity contribution is -0.141. The number of carbonyl (C=O) groups is 2. The Bertz CT molecular complexity index is 301. The molecule has 0 saturated heterocycles. The van der Waals surface area contributed by atoms with Crippen molar-refractivity contribution >= 4 is 11.9 Å². The summed E-state index contributed by atoms with van der Waals surface area (Å²) >= 11 is 0. The van der Waals surface area contributed by atoms with Crippen LogP contribution in [-0.2, 0) is 9.59 Å². The average Bonchev–Trinajstić information content (AvgIpc) is 2.17. The number of carbonyl (C=O) groups excluding carboxylic acids is 1. The minimum atomic E-state index is -0.770. The lowest BCUT2D eigenvalue weighted by Crippen LogP contribution is -2.31. The summed E-state index contributed by atoms with van der Waals surface area (Å²) in [5.74, 6) is 3.55. The Kier molecular flexibility index (Phi) is 7.02. The molecule has 0 bridgehead atoms. The van der Waals surface area contributed by atoms with Crippen LogP contribution in [0, 0.1) is 17.8 Å². The van der Waals surface area contributed by atoms with Crippen LogP contribution in [0.25, 0.3) is 0 Å². The Morgan fingerprint density at radius 2 is 1.94 bits per heavy atom. The molecule has 2 atom stereocenters. The highest BCUT2D eigenvalue weighted by atomic mass is 16.4. The molecule has 1 amide bonds. The van der Waals surface area contributed by atoms with Gasteiger partial charge in [0.1, 0.15) is 0 Å². The van der Waals surface area contributed by atoms with Crippen molar-refractivity contribution in [2.45, 2.75) is 46.1 Å². The summed E-state index contributed by atoms with van der Waals surface area (Å²) in [6, 6.07) is 0.0364. The van der Waals surface area contributed by atoms with E-state index in [4.69, 9.17) is 5.11 Å². The molecule has 2 N–H and O–H groups in total. The molecule has 4 nitrogen and oxygen atoms in total. The fourth-order valence-corrected chi connectivity index (χ4v) is 1.30. The highest BCUT2D eigenvalue weighted by Crippen LogP contribution is 2.09. The number of amides is 1. The highest BCUT2D eigenvalue weighted by molar-refractivity contribution is 5.93. The van der Waals surface area contributed by atoms with Crippen LogP contribution < -0.4 is 5.32 Å². The molecule has 0 aromatic carbocycles. The van der Waals surface area contributed by atoms with E-state index in [2.05, 4.69) is 17.2 Å². The lowest BCUT2D eigenvalue weighted by Gasteiger charge is -2.12. The fraction of sp³-hybridized carbons (Fsp3) is 0.667. The molecule has 0 rings (SSSR count). The molecule has 0 spiro atoms. The first kappa shape index (κ1) is 14.5. The van der Waals surface area contributed by atoms with Gasteiger partial charge in [-0.1, -0.05) is 19.3 Å². The van der Waals surface area contributed by atoms with E-state index in [1.165, 1.54) is 0 Å². The van der Waals surface area contributed by atoms with E-state index < -0.39 is 5.97 Å². The largest absolute Gasteiger partial charge is 0.481 e. The Morgan fingerprint density at radius 1 is 1.31 bits per heavy atom. The molecule has 4 heteroatoms. The van der Waals surface area contributed by atoms with Crippen molar-refractivity contribution in [1.29, 1.82) is 0 Å². The van der Waals surface area contributed by atoms with Gasteiger partial charge in [-0.3, -0.25) is 9.59 Å². The van der Waals surface area contributed by atoms with Gasteiger partial charge in [-0.25, -0.2) is 0 Å². The maximum absolute atomic E-state index is 11.1. The van der Waals surface area contributed by atoms with E-state index in [1.54, 1.807) is 13.8 Å². The smallest absolute Gasteiger partial charge is 0.306 e. The Balaban J connectivity index is 3.72. The van der Waals surface area contributed by atoms with E-state index in [0.29, 0.717) is 6.42 Å². The third kappa shape index (κ3) is 6.88. The average molecular weight is 225 g/mol. The second-order valence-corrected chi connectivity index (χ2v) is 3.92. The van der Waals surface area contributed by atoms with Crippen molar-refractivity contribution in [3.63, 3.8) is 0 Å². The molecule has 0 heterocycles. The molecule has 2 unspecified atom stereocenters. The maximum atomic E-state index is 11.1. The number of carboxylic acids is 1. The van der Waals surface area contributed by atoms with Gasteiger partial charge >= 0.3 is 5.97 Å². The molecular weight excluding hydrogens is 206 g/mol. The van der Waals surface area contributed by atoms with Crippen LogP contribution >= 0.6 is 0 Å². The fourth-order valence-electron chi connectivity index (χ4n) is 1.30. The molecule has 16 heavy (non-hydrogen) atoms. The van der Waals surface area contributed by atoms with E-state index in [0.717, 1.165) is 12.8 Å². The lowest BCUT2D eigenvalue weighted by atomic mass is 10.0. The summed E-state index contributed by atoms with van der Waals surface area (Å²) in [6.07, 6.45) is 2.19. The summed E-state index contributed by atoms with van der Waals surface area (Å²) in [5, 5.41) is 11.4. The van der Waals surface area contributed by atoms with Crippen LogP contribution in [0.2, 0.25) is 0 Å². The monoisotopic (exact) mass is 225 g/mol. The molecule has 0 fully saturated rings. The zero-order valence-corrected chi connectivity index (χ0v) is 10.0. The third-order valence-electron chi connectivity index (χ3n) is 2.31. The van der Waals surface area contributed by atoms with Crippen LogP contribution in [-0.4, -0.2) is 23.0 Å². The topological polar surface area (TPSA) is 66.4 Å². The van der Waals surface area contributed by atoms with Gasteiger partial charge in [0.25, 0.3) is 5.91 Å². The molecule has 0 saturated carbocycles. The first-order chi connectivity index (χ1) is 7.47. The Morgan fingerprint density at radius 3 is 2.44 bits per heavy atom. The molecule has 0 radical (unpaired) electrons. The van der Waals surface area contributed by atoms with Gasteiger partial charge in [0, 0.05) is 6.04 Å². The normalized spacial score (nSPS) is 13.2. The first-order valence-corrected chi connectivity index (χ1v) is 5.43. The van der Waals surface area contributed by atoms with E-state index in [1.807, 2.05) is 6.92 Å². The number of carboxylic acid groups (broad SMARTS) is 1. The van der Waals surface area contributed by atoms with Crippen molar-refractivity contribution in [1.82, 2.24) is 5.32 Å². The summed E-state index contributed by atoms with van der Waals surface area (Å²) in [5.41, 5.74) is 0. The zero-order valence-electron chi connectivity index (χ0n) is 10.0. The van der Waals surface area contributed by atoms with Crippen LogP contribution in [0.4, 0.5) is 0 Å². The van der Waals surface area contributed by atoms with Crippen LogP contribution in [0.3, 0.4) is 0 Å². The van der Waals surface area contributed by atoms with Crippen molar-refractivity contribution in [3.8, 4) is 11.8 Å². The maximum Gasteiger partial charge on any atom is 0.306 e. The van der Waals surface area contributed by atoms with E-state index >= 15 is 0 Å². The van der Waals surface area contributed by atoms with Gasteiger partial charge in [0.05, 0.1) is 5.92 Å². The number of hydrogen-bond donors (Lipinski definition) is 2. The van der Waals surface area contributed by atoms with Gasteiger partial charge in [0.15, 0.2) is 0 Å². The minimum absolute atomic E-state index is 0.0364. The standard InChI is InChI=1S/C12H19NO3/c1-4-6-11(14)13-10(3)8-5-7-9(2)12(15)16/h9-10H,5,7-8H2,1-3H3,(H,13,14)(H,15,16). The summed E-state index contributed by atoms with van der Waals surface area (Å²) < 4.78 is 0. The minimum Gasteiger partial charge on any atom is -0.481 e. The van der Waals surface area contributed by atoms with E-state index in [9.17, 15) is 9.59 Å².